The van der Waals surface area contributed by atoms with Crippen LogP contribution in [0.3, 0.4) is 0 Å². The molecule has 1 unspecified atom stereocenters. The van der Waals surface area contributed by atoms with Gasteiger partial charge in [0.25, 0.3) is 0 Å². The first-order valence-corrected chi connectivity index (χ1v) is 5.07. The third kappa shape index (κ3) is 2.81. The Balaban J connectivity index is 2.87. The summed E-state index contributed by atoms with van der Waals surface area (Å²) in [6.07, 6.45) is 4.02. The SMILES string of the molecule is CC(Cc1cncn1C(C)(C)C)C(=O)O. The van der Waals surface area contributed by atoms with Gasteiger partial charge in [-0.3, -0.25) is 4.79 Å². The molecule has 0 spiro atoms. The van der Waals surface area contributed by atoms with Crippen molar-refractivity contribution in [1.82, 2.24) is 9.55 Å². The monoisotopic (exact) mass is 210 g/mol. The summed E-state index contributed by atoms with van der Waals surface area (Å²) in [4.78, 5) is 14.8. The van der Waals surface area contributed by atoms with E-state index in [-0.39, 0.29) is 11.5 Å². The van der Waals surface area contributed by atoms with Gasteiger partial charge >= 0.3 is 5.97 Å². The highest BCUT2D eigenvalue weighted by Crippen LogP contribution is 2.18. The molecule has 0 aliphatic rings. The molecule has 4 heteroatoms. The van der Waals surface area contributed by atoms with Gasteiger partial charge in [0.2, 0.25) is 0 Å². The van der Waals surface area contributed by atoms with E-state index in [2.05, 4.69) is 25.8 Å². The number of carbonyl (C=O) groups is 1. The molecule has 1 N–H and O–H groups in total. The van der Waals surface area contributed by atoms with Crippen molar-refractivity contribution in [2.24, 2.45) is 5.92 Å². The van der Waals surface area contributed by atoms with Gasteiger partial charge in [0.05, 0.1) is 12.2 Å². The number of imidazole rings is 1. The molecule has 1 aromatic heterocycles. The van der Waals surface area contributed by atoms with Gasteiger partial charge in [0.1, 0.15) is 0 Å². The first-order valence-electron chi connectivity index (χ1n) is 5.07. The number of rotatable bonds is 3. The van der Waals surface area contributed by atoms with Crippen molar-refractivity contribution in [3.63, 3.8) is 0 Å². The lowest BCUT2D eigenvalue weighted by Crippen LogP contribution is -2.25. The quantitative estimate of drug-likeness (QED) is 0.829. The molecule has 0 fully saturated rings. The van der Waals surface area contributed by atoms with Gasteiger partial charge < -0.3 is 9.67 Å². The fourth-order valence-corrected chi connectivity index (χ4v) is 1.48. The number of hydrogen-bond donors (Lipinski definition) is 1. The minimum absolute atomic E-state index is 0.0515. The molecule has 0 bridgehead atoms. The first kappa shape index (κ1) is 11.8. The van der Waals surface area contributed by atoms with Crippen LogP contribution < -0.4 is 0 Å². The van der Waals surface area contributed by atoms with E-state index in [1.54, 1.807) is 19.4 Å². The Morgan fingerprint density at radius 3 is 2.67 bits per heavy atom. The summed E-state index contributed by atoms with van der Waals surface area (Å²) in [6, 6.07) is 0. The smallest absolute Gasteiger partial charge is 0.306 e. The summed E-state index contributed by atoms with van der Waals surface area (Å²) in [7, 11) is 0. The molecule has 1 rings (SSSR count). The maximum Gasteiger partial charge on any atom is 0.306 e. The lowest BCUT2D eigenvalue weighted by molar-refractivity contribution is -0.141. The van der Waals surface area contributed by atoms with Gasteiger partial charge in [-0.15, -0.1) is 0 Å². The van der Waals surface area contributed by atoms with E-state index in [1.165, 1.54) is 0 Å². The number of carboxylic acid groups (broad SMARTS) is 1. The molecule has 0 saturated heterocycles. The summed E-state index contributed by atoms with van der Waals surface area (Å²) < 4.78 is 2.02. The minimum Gasteiger partial charge on any atom is -0.481 e. The molecule has 1 heterocycles. The maximum absolute atomic E-state index is 10.8. The summed E-state index contributed by atoms with van der Waals surface area (Å²) in [5.74, 6) is -1.14. The van der Waals surface area contributed by atoms with E-state index in [9.17, 15) is 4.79 Å². The van der Waals surface area contributed by atoms with E-state index < -0.39 is 5.97 Å². The van der Waals surface area contributed by atoms with Crippen molar-refractivity contribution in [3.8, 4) is 0 Å². The van der Waals surface area contributed by atoms with Crippen molar-refractivity contribution in [2.75, 3.05) is 0 Å². The summed E-state index contributed by atoms with van der Waals surface area (Å²) in [5, 5.41) is 8.84. The second kappa shape index (κ2) is 4.04. The molecule has 0 aromatic carbocycles. The largest absolute Gasteiger partial charge is 0.481 e. The van der Waals surface area contributed by atoms with Crippen LogP contribution in [0.4, 0.5) is 0 Å². The zero-order chi connectivity index (χ0) is 11.6. The lowest BCUT2D eigenvalue weighted by Gasteiger charge is -2.24. The molecular formula is C11H18N2O2. The van der Waals surface area contributed by atoms with Gasteiger partial charge in [0.15, 0.2) is 0 Å². The highest BCUT2D eigenvalue weighted by atomic mass is 16.4. The van der Waals surface area contributed by atoms with E-state index >= 15 is 0 Å². The zero-order valence-electron chi connectivity index (χ0n) is 9.69. The van der Waals surface area contributed by atoms with Crippen LogP contribution >= 0.6 is 0 Å². The molecule has 0 aliphatic heterocycles. The molecule has 0 radical (unpaired) electrons. The van der Waals surface area contributed by atoms with Crippen molar-refractivity contribution < 1.29 is 9.90 Å². The standard InChI is InChI=1S/C11H18N2O2/c1-8(10(14)15)5-9-6-12-7-13(9)11(2,3)4/h6-8H,5H2,1-4H3,(H,14,15). The van der Waals surface area contributed by atoms with Crippen molar-refractivity contribution >= 4 is 5.97 Å². The van der Waals surface area contributed by atoms with Crippen LogP contribution in [0.15, 0.2) is 12.5 Å². The third-order valence-corrected chi connectivity index (χ3v) is 2.37. The average Bonchev–Trinajstić information content (AvgIpc) is 2.50. The molecule has 1 aromatic rings. The van der Waals surface area contributed by atoms with Crippen LogP contribution in [0.5, 0.6) is 0 Å². The fourth-order valence-electron chi connectivity index (χ4n) is 1.48. The van der Waals surface area contributed by atoms with Gasteiger partial charge in [-0.25, -0.2) is 4.98 Å². The Morgan fingerprint density at radius 2 is 2.20 bits per heavy atom. The molecule has 84 valence electrons. The molecule has 4 nitrogen and oxygen atoms in total. The highest BCUT2D eigenvalue weighted by Gasteiger charge is 2.19. The summed E-state index contributed by atoms with van der Waals surface area (Å²) in [5.41, 5.74) is 0.918. The van der Waals surface area contributed by atoms with Crippen LogP contribution in [0.1, 0.15) is 33.4 Å². The molecule has 1 atom stereocenters. The van der Waals surface area contributed by atoms with Crippen LogP contribution in [-0.2, 0) is 16.8 Å². The molecule has 0 aliphatic carbocycles. The highest BCUT2D eigenvalue weighted by molar-refractivity contribution is 5.69. The Bertz CT molecular complexity index is 350. The van der Waals surface area contributed by atoms with Crippen LogP contribution in [0, 0.1) is 5.92 Å². The number of aromatic nitrogens is 2. The van der Waals surface area contributed by atoms with Gasteiger partial charge in [0, 0.05) is 23.9 Å². The van der Waals surface area contributed by atoms with Gasteiger partial charge in [-0.1, -0.05) is 6.92 Å². The Kier molecular flexibility index (Phi) is 3.17. The second-order valence-electron chi connectivity index (χ2n) is 4.87. The maximum atomic E-state index is 10.8. The first-order chi connectivity index (χ1) is 6.82. The van der Waals surface area contributed by atoms with Crippen molar-refractivity contribution in [2.45, 2.75) is 39.7 Å². The zero-order valence-corrected chi connectivity index (χ0v) is 9.69. The Labute approximate surface area is 89.9 Å². The molecule has 0 amide bonds. The van der Waals surface area contributed by atoms with Crippen molar-refractivity contribution in [1.29, 1.82) is 0 Å². The Hall–Kier alpha value is -1.32. The molecular weight excluding hydrogens is 192 g/mol. The van der Waals surface area contributed by atoms with Gasteiger partial charge in [-0.2, -0.15) is 0 Å². The molecule has 15 heavy (non-hydrogen) atoms. The number of nitrogens with zero attached hydrogens (tertiary/aromatic N) is 2. The predicted octanol–water partition coefficient (Wildman–Crippen LogP) is 1.90. The number of hydrogen-bond acceptors (Lipinski definition) is 2. The number of aliphatic carboxylic acids is 1. The number of carboxylic acids is 1. The fraction of sp³-hybridized carbons (Fsp3) is 0.636. The van der Waals surface area contributed by atoms with Gasteiger partial charge in [-0.05, 0) is 20.8 Å². The molecule has 0 saturated carbocycles. The van der Waals surface area contributed by atoms with Crippen LogP contribution in [0.2, 0.25) is 0 Å². The van der Waals surface area contributed by atoms with E-state index in [4.69, 9.17) is 5.11 Å². The van der Waals surface area contributed by atoms with E-state index in [1.807, 2.05) is 4.57 Å². The third-order valence-electron chi connectivity index (χ3n) is 2.37. The van der Waals surface area contributed by atoms with Crippen LogP contribution in [0.25, 0.3) is 0 Å². The predicted molar refractivity (Wildman–Crippen MR) is 57.7 cm³/mol. The summed E-state index contributed by atoms with van der Waals surface area (Å²) >= 11 is 0. The van der Waals surface area contributed by atoms with Crippen LogP contribution in [-0.4, -0.2) is 20.6 Å². The second-order valence-corrected chi connectivity index (χ2v) is 4.87. The Morgan fingerprint density at radius 1 is 1.60 bits per heavy atom. The minimum atomic E-state index is -0.767. The normalized spacial score (nSPS) is 13.9. The van der Waals surface area contributed by atoms with E-state index in [0.717, 1.165) is 5.69 Å². The van der Waals surface area contributed by atoms with E-state index in [0.29, 0.717) is 6.42 Å². The van der Waals surface area contributed by atoms with Crippen molar-refractivity contribution in [3.05, 3.63) is 18.2 Å². The topological polar surface area (TPSA) is 55.1 Å². The lowest BCUT2D eigenvalue weighted by atomic mass is 10.0. The summed E-state index contributed by atoms with van der Waals surface area (Å²) in [6.45, 7) is 7.93. The average molecular weight is 210 g/mol.